The minimum atomic E-state index is -0.903. The Morgan fingerprint density at radius 1 is 1.19 bits per heavy atom. The number of aromatic hydroxyl groups is 1. The van der Waals surface area contributed by atoms with Crippen LogP contribution in [0.25, 0.3) is 0 Å². The van der Waals surface area contributed by atoms with Gasteiger partial charge in [0.1, 0.15) is 17.4 Å². The molecule has 1 atom stereocenters. The van der Waals surface area contributed by atoms with Crippen LogP contribution in [0.15, 0.2) is 23.0 Å². The third-order valence-corrected chi connectivity index (χ3v) is 4.74. The molecule has 0 saturated carbocycles. The van der Waals surface area contributed by atoms with Gasteiger partial charge in [-0.15, -0.1) is 0 Å². The number of carbonyl (C=O) groups excluding carboxylic acids is 1. The third kappa shape index (κ3) is 3.59. The second kappa shape index (κ2) is 7.67. The van der Waals surface area contributed by atoms with E-state index in [1.807, 2.05) is 32.0 Å². The molecular formula is C21H24N2O4. The maximum Gasteiger partial charge on any atom is 0.271 e. The summed E-state index contributed by atoms with van der Waals surface area (Å²) in [4.78, 5) is 25.5. The van der Waals surface area contributed by atoms with E-state index in [2.05, 4.69) is 0 Å². The summed E-state index contributed by atoms with van der Waals surface area (Å²) in [6.07, 6.45) is -0.903. The SMILES string of the molecule is Cc1cccc(OC(C)C(=O)c2c(C)c(C#N)c(=O)n(C(C)C)c2O)c1C. The fourth-order valence-corrected chi connectivity index (χ4v) is 3.00. The fourth-order valence-electron chi connectivity index (χ4n) is 3.00. The van der Waals surface area contributed by atoms with Gasteiger partial charge in [-0.25, -0.2) is 0 Å². The molecule has 2 aromatic rings. The van der Waals surface area contributed by atoms with Gasteiger partial charge in [-0.1, -0.05) is 12.1 Å². The van der Waals surface area contributed by atoms with Crippen molar-refractivity contribution in [2.24, 2.45) is 0 Å². The van der Waals surface area contributed by atoms with E-state index in [1.54, 1.807) is 26.8 Å². The lowest BCUT2D eigenvalue weighted by molar-refractivity contribution is 0.0811. The number of aryl methyl sites for hydroxylation is 1. The van der Waals surface area contributed by atoms with Crippen LogP contribution in [0.4, 0.5) is 0 Å². The zero-order valence-corrected chi connectivity index (χ0v) is 16.5. The van der Waals surface area contributed by atoms with Crippen LogP contribution in [0.3, 0.4) is 0 Å². The lowest BCUT2D eigenvalue weighted by atomic mass is 9.98. The van der Waals surface area contributed by atoms with Crippen molar-refractivity contribution in [3.05, 3.63) is 56.4 Å². The first-order chi connectivity index (χ1) is 12.6. The summed E-state index contributed by atoms with van der Waals surface area (Å²) >= 11 is 0. The molecule has 0 aliphatic heterocycles. The van der Waals surface area contributed by atoms with E-state index in [9.17, 15) is 20.0 Å². The molecule has 1 N–H and O–H groups in total. The number of rotatable bonds is 5. The molecule has 1 aromatic heterocycles. The summed E-state index contributed by atoms with van der Waals surface area (Å²) in [5.41, 5.74) is 1.30. The summed E-state index contributed by atoms with van der Waals surface area (Å²) in [7, 11) is 0. The summed E-state index contributed by atoms with van der Waals surface area (Å²) < 4.78 is 6.88. The molecule has 0 aliphatic carbocycles. The minimum Gasteiger partial charge on any atom is -0.494 e. The summed E-state index contributed by atoms with van der Waals surface area (Å²) in [5.74, 6) is -0.351. The molecule has 0 saturated heterocycles. The molecule has 1 unspecified atom stereocenters. The maximum absolute atomic E-state index is 13.0. The highest BCUT2D eigenvalue weighted by Gasteiger charge is 2.29. The van der Waals surface area contributed by atoms with Crippen molar-refractivity contribution in [1.82, 2.24) is 4.57 Å². The van der Waals surface area contributed by atoms with Crippen molar-refractivity contribution in [2.75, 3.05) is 0 Å². The molecule has 0 spiro atoms. The smallest absolute Gasteiger partial charge is 0.271 e. The first-order valence-electron chi connectivity index (χ1n) is 8.77. The number of carbonyl (C=O) groups is 1. The lowest BCUT2D eigenvalue weighted by Crippen LogP contribution is -2.31. The average molecular weight is 368 g/mol. The Labute approximate surface area is 158 Å². The standard InChI is InChI=1S/C21H24N2O4/c1-11(2)23-20(25)16(10-22)14(5)18(21(23)26)19(24)15(6)27-17-9-7-8-12(3)13(17)4/h7-9,11,15,26H,1-6H3. The van der Waals surface area contributed by atoms with Crippen molar-refractivity contribution >= 4 is 5.78 Å². The molecular weight excluding hydrogens is 344 g/mol. The second-order valence-electron chi connectivity index (χ2n) is 6.90. The number of pyridine rings is 1. The fraction of sp³-hybridized carbons (Fsp3) is 0.381. The van der Waals surface area contributed by atoms with Gasteiger partial charge in [0.25, 0.3) is 5.56 Å². The van der Waals surface area contributed by atoms with Crippen molar-refractivity contribution in [3.63, 3.8) is 0 Å². The number of benzene rings is 1. The van der Waals surface area contributed by atoms with Crippen LogP contribution in [0.2, 0.25) is 0 Å². The Bertz CT molecular complexity index is 997. The molecule has 1 aromatic carbocycles. The Balaban J connectivity index is 2.55. The maximum atomic E-state index is 13.0. The Morgan fingerprint density at radius 3 is 2.37 bits per heavy atom. The molecule has 1 heterocycles. The predicted molar refractivity (Wildman–Crippen MR) is 103 cm³/mol. The van der Waals surface area contributed by atoms with Gasteiger partial charge in [-0.2, -0.15) is 5.26 Å². The van der Waals surface area contributed by atoms with E-state index in [0.717, 1.165) is 15.7 Å². The largest absolute Gasteiger partial charge is 0.494 e. The molecule has 0 bridgehead atoms. The van der Waals surface area contributed by atoms with Crippen molar-refractivity contribution in [2.45, 2.75) is 53.7 Å². The van der Waals surface area contributed by atoms with E-state index < -0.39 is 29.4 Å². The molecule has 0 amide bonds. The number of hydrogen-bond donors (Lipinski definition) is 1. The number of Topliss-reactive ketones (excluding diaryl/α,β-unsaturated/α-hetero) is 1. The van der Waals surface area contributed by atoms with Crippen molar-refractivity contribution < 1.29 is 14.6 Å². The molecule has 2 rings (SSSR count). The van der Waals surface area contributed by atoms with Gasteiger partial charge < -0.3 is 9.84 Å². The monoisotopic (exact) mass is 368 g/mol. The first kappa shape index (κ1) is 20.2. The Hall–Kier alpha value is -3.07. The van der Waals surface area contributed by atoms with E-state index in [-0.39, 0.29) is 16.7 Å². The summed E-state index contributed by atoms with van der Waals surface area (Å²) in [6, 6.07) is 7.00. The molecule has 142 valence electrons. The molecule has 0 aliphatic rings. The zero-order valence-electron chi connectivity index (χ0n) is 16.5. The number of aromatic nitrogens is 1. The van der Waals surface area contributed by atoms with E-state index >= 15 is 0 Å². The van der Waals surface area contributed by atoms with E-state index in [0.29, 0.717) is 5.75 Å². The summed E-state index contributed by atoms with van der Waals surface area (Å²) in [6.45, 7) is 10.3. The number of ketones is 1. The topological polar surface area (TPSA) is 92.3 Å². The summed E-state index contributed by atoms with van der Waals surface area (Å²) in [5, 5.41) is 20.0. The van der Waals surface area contributed by atoms with Gasteiger partial charge in [0.05, 0.1) is 5.56 Å². The Kier molecular flexibility index (Phi) is 5.75. The van der Waals surface area contributed by atoms with Crippen LogP contribution in [-0.4, -0.2) is 21.6 Å². The molecule has 6 heteroatoms. The van der Waals surface area contributed by atoms with Gasteiger partial charge in [-0.3, -0.25) is 14.2 Å². The van der Waals surface area contributed by atoms with Crippen LogP contribution in [0, 0.1) is 32.1 Å². The average Bonchev–Trinajstić information content (AvgIpc) is 2.58. The molecule has 27 heavy (non-hydrogen) atoms. The van der Waals surface area contributed by atoms with E-state index in [1.165, 1.54) is 6.92 Å². The van der Waals surface area contributed by atoms with Gasteiger partial charge in [0, 0.05) is 6.04 Å². The number of nitriles is 1. The van der Waals surface area contributed by atoms with Gasteiger partial charge >= 0.3 is 0 Å². The predicted octanol–water partition coefficient (Wildman–Crippen LogP) is 3.58. The lowest BCUT2D eigenvalue weighted by Gasteiger charge is -2.21. The Morgan fingerprint density at radius 2 is 1.81 bits per heavy atom. The zero-order chi connectivity index (χ0) is 20.5. The van der Waals surface area contributed by atoms with Gasteiger partial charge in [-0.05, 0) is 64.3 Å². The highest BCUT2D eigenvalue weighted by atomic mass is 16.5. The van der Waals surface area contributed by atoms with Crippen LogP contribution < -0.4 is 10.3 Å². The van der Waals surface area contributed by atoms with E-state index in [4.69, 9.17) is 4.74 Å². The normalized spacial score (nSPS) is 11.9. The second-order valence-corrected chi connectivity index (χ2v) is 6.90. The number of nitrogens with zero attached hydrogens (tertiary/aromatic N) is 2. The van der Waals surface area contributed by atoms with Crippen molar-refractivity contribution in [3.8, 4) is 17.7 Å². The number of hydrogen-bond acceptors (Lipinski definition) is 5. The van der Waals surface area contributed by atoms with Crippen molar-refractivity contribution in [1.29, 1.82) is 5.26 Å². The molecule has 0 radical (unpaired) electrons. The van der Waals surface area contributed by atoms with Crippen LogP contribution in [0.5, 0.6) is 11.6 Å². The van der Waals surface area contributed by atoms with Gasteiger partial charge in [0.15, 0.2) is 6.10 Å². The number of ether oxygens (including phenoxy) is 1. The highest BCUT2D eigenvalue weighted by Crippen LogP contribution is 2.28. The van der Waals surface area contributed by atoms with Crippen LogP contribution in [-0.2, 0) is 0 Å². The third-order valence-electron chi connectivity index (χ3n) is 4.74. The first-order valence-corrected chi connectivity index (χ1v) is 8.77. The quantitative estimate of drug-likeness (QED) is 0.814. The highest BCUT2D eigenvalue weighted by molar-refractivity contribution is 6.03. The van der Waals surface area contributed by atoms with Crippen LogP contribution >= 0.6 is 0 Å². The minimum absolute atomic E-state index is 0.0577. The molecule has 0 fully saturated rings. The molecule has 6 nitrogen and oxygen atoms in total. The van der Waals surface area contributed by atoms with Crippen LogP contribution in [0.1, 0.15) is 59.4 Å². The van der Waals surface area contributed by atoms with Gasteiger partial charge in [0.2, 0.25) is 11.7 Å².